The summed E-state index contributed by atoms with van der Waals surface area (Å²) in [6, 6.07) is 6.20. The Hall–Kier alpha value is -2.37. The van der Waals surface area contributed by atoms with Crippen molar-refractivity contribution in [1.29, 1.82) is 0 Å². The Morgan fingerprint density at radius 3 is 2.73 bits per heavy atom. The third-order valence-electron chi connectivity index (χ3n) is 1.87. The zero-order valence-corrected chi connectivity index (χ0v) is 7.58. The summed E-state index contributed by atoms with van der Waals surface area (Å²) in [4.78, 5) is 13.8. The van der Waals surface area contributed by atoms with E-state index < -0.39 is 4.92 Å². The van der Waals surface area contributed by atoms with Crippen LogP contribution in [0.4, 0.5) is 11.5 Å². The highest BCUT2D eigenvalue weighted by atomic mass is 16.6. The molecule has 0 amide bonds. The number of anilines is 1. The summed E-state index contributed by atoms with van der Waals surface area (Å²) in [5.74, 6) is 0.408. The lowest BCUT2D eigenvalue weighted by molar-refractivity contribution is -0.384. The highest BCUT2D eigenvalue weighted by Crippen LogP contribution is 2.24. The van der Waals surface area contributed by atoms with Crippen molar-refractivity contribution in [3.63, 3.8) is 0 Å². The van der Waals surface area contributed by atoms with Crippen molar-refractivity contribution < 1.29 is 9.34 Å². The summed E-state index contributed by atoms with van der Waals surface area (Å²) in [6.07, 6.45) is 1.49. The molecule has 2 rings (SSSR count). The Balaban J connectivity index is 2.47. The summed E-state index contributed by atoms with van der Waals surface area (Å²) in [6.45, 7) is 0. The van der Waals surface area contributed by atoms with Gasteiger partial charge < -0.3 is 10.2 Å². The van der Waals surface area contributed by atoms with Gasteiger partial charge in [-0.3, -0.25) is 10.1 Å². The number of nitro groups is 1. The molecular formula is C9H7N3O3. The van der Waals surface area contributed by atoms with Crippen molar-refractivity contribution in [2.24, 2.45) is 0 Å². The number of nitrogens with two attached hydrogens (primary N) is 1. The highest BCUT2D eigenvalue weighted by Gasteiger charge is 2.14. The molecular weight excluding hydrogens is 198 g/mol. The lowest BCUT2D eigenvalue weighted by Crippen LogP contribution is -1.98. The lowest BCUT2D eigenvalue weighted by atomic mass is 10.2. The first-order valence-electron chi connectivity index (χ1n) is 4.13. The molecule has 0 atom stereocenters. The quantitative estimate of drug-likeness (QED) is 0.596. The van der Waals surface area contributed by atoms with E-state index >= 15 is 0 Å². The highest BCUT2D eigenvalue weighted by molar-refractivity contribution is 5.61. The maximum atomic E-state index is 10.5. The molecule has 0 radical (unpaired) electrons. The first kappa shape index (κ1) is 9.20. The Bertz CT molecular complexity index is 493. The maximum absolute atomic E-state index is 10.5. The molecule has 76 valence electrons. The molecule has 6 heteroatoms. The molecule has 2 aromatic heterocycles. The van der Waals surface area contributed by atoms with Crippen LogP contribution < -0.4 is 5.73 Å². The number of furan rings is 1. The van der Waals surface area contributed by atoms with Gasteiger partial charge >= 0.3 is 5.69 Å². The predicted molar refractivity (Wildman–Crippen MR) is 53.0 cm³/mol. The van der Waals surface area contributed by atoms with Gasteiger partial charge in [-0.15, -0.1) is 0 Å². The normalized spacial score (nSPS) is 10.1. The fourth-order valence-corrected chi connectivity index (χ4v) is 1.18. The zero-order valence-electron chi connectivity index (χ0n) is 7.58. The molecule has 0 aliphatic heterocycles. The standard InChI is InChI=1S/C9H7N3O3/c10-9-7(12(13)14)4-3-6(11-9)8-2-1-5-15-8/h1-5H,(H2,10,11). The Labute approximate surface area is 84.5 Å². The second-order valence-electron chi connectivity index (χ2n) is 2.84. The van der Waals surface area contributed by atoms with Gasteiger partial charge in [0, 0.05) is 6.07 Å². The number of hydrogen-bond donors (Lipinski definition) is 1. The molecule has 2 aromatic rings. The largest absolute Gasteiger partial charge is 0.463 e. The molecule has 0 bridgehead atoms. The average molecular weight is 205 g/mol. The van der Waals surface area contributed by atoms with E-state index in [1.54, 1.807) is 12.1 Å². The minimum absolute atomic E-state index is 0.117. The maximum Gasteiger partial charge on any atom is 0.311 e. The van der Waals surface area contributed by atoms with E-state index in [-0.39, 0.29) is 11.5 Å². The van der Waals surface area contributed by atoms with Gasteiger partial charge in [-0.1, -0.05) is 0 Å². The van der Waals surface area contributed by atoms with Gasteiger partial charge in [0.05, 0.1) is 11.2 Å². The molecule has 0 aliphatic carbocycles. The van der Waals surface area contributed by atoms with E-state index in [0.717, 1.165) is 0 Å². The van der Waals surface area contributed by atoms with Crippen molar-refractivity contribution in [2.75, 3.05) is 5.73 Å². The van der Waals surface area contributed by atoms with Gasteiger partial charge in [0.1, 0.15) is 5.69 Å². The van der Waals surface area contributed by atoms with Crippen molar-refractivity contribution in [1.82, 2.24) is 4.98 Å². The van der Waals surface area contributed by atoms with E-state index in [1.165, 1.54) is 18.4 Å². The topological polar surface area (TPSA) is 95.2 Å². The van der Waals surface area contributed by atoms with Crippen LogP contribution in [-0.2, 0) is 0 Å². The van der Waals surface area contributed by atoms with Crippen molar-refractivity contribution in [3.05, 3.63) is 40.6 Å². The summed E-state index contributed by atoms with van der Waals surface area (Å²) < 4.78 is 5.09. The van der Waals surface area contributed by atoms with Gasteiger partial charge in [0.15, 0.2) is 5.76 Å². The van der Waals surface area contributed by atoms with Gasteiger partial charge in [0.2, 0.25) is 5.82 Å². The van der Waals surface area contributed by atoms with Crippen LogP contribution in [0, 0.1) is 10.1 Å². The van der Waals surface area contributed by atoms with Crippen LogP contribution >= 0.6 is 0 Å². The van der Waals surface area contributed by atoms with E-state index in [1.807, 2.05) is 0 Å². The van der Waals surface area contributed by atoms with Gasteiger partial charge in [-0.2, -0.15) is 0 Å². The minimum Gasteiger partial charge on any atom is -0.463 e. The van der Waals surface area contributed by atoms with Crippen LogP contribution in [0.25, 0.3) is 11.5 Å². The lowest BCUT2D eigenvalue weighted by Gasteiger charge is -1.98. The smallest absolute Gasteiger partial charge is 0.311 e. The van der Waals surface area contributed by atoms with Crippen LogP contribution in [0.2, 0.25) is 0 Å². The van der Waals surface area contributed by atoms with Crippen molar-refractivity contribution in [2.45, 2.75) is 0 Å². The second-order valence-corrected chi connectivity index (χ2v) is 2.84. The fraction of sp³-hybridized carbons (Fsp3) is 0. The number of nitrogen functional groups attached to an aromatic ring is 1. The molecule has 0 fully saturated rings. The van der Waals surface area contributed by atoms with Gasteiger partial charge in [-0.05, 0) is 18.2 Å². The Morgan fingerprint density at radius 1 is 1.40 bits per heavy atom. The summed E-state index contributed by atoms with van der Waals surface area (Å²) in [5.41, 5.74) is 5.71. The van der Waals surface area contributed by atoms with Crippen LogP contribution in [-0.4, -0.2) is 9.91 Å². The number of hydrogen-bond acceptors (Lipinski definition) is 5. The van der Waals surface area contributed by atoms with Crippen LogP contribution in [0.3, 0.4) is 0 Å². The molecule has 0 unspecified atom stereocenters. The van der Waals surface area contributed by atoms with Crippen LogP contribution in [0.5, 0.6) is 0 Å². The summed E-state index contributed by atoms with van der Waals surface area (Å²) >= 11 is 0. The van der Waals surface area contributed by atoms with E-state index in [4.69, 9.17) is 10.2 Å². The number of pyridine rings is 1. The zero-order chi connectivity index (χ0) is 10.8. The molecule has 6 nitrogen and oxygen atoms in total. The third kappa shape index (κ3) is 1.64. The van der Waals surface area contributed by atoms with Gasteiger partial charge in [0.25, 0.3) is 0 Å². The Morgan fingerprint density at radius 2 is 2.20 bits per heavy atom. The first-order valence-corrected chi connectivity index (χ1v) is 4.13. The molecule has 0 aromatic carbocycles. The fourth-order valence-electron chi connectivity index (χ4n) is 1.18. The molecule has 0 spiro atoms. The van der Waals surface area contributed by atoms with E-state index in [0.29, 0.717) is 11.5 Å². The third-order valence-corrected chi connectivity index (χ3v) is 1.87. The van der Waals surface area contributed by atoms with Crippen molar-refractivity contribution >= 4 is 11.5 Å². The van der Waals surface area contributed by atoms with E-state index in [2.05, 4.69) is 4.98 Å². The molecule has 0 saturated carbocycles. The van der Waals surface area contributed by atoms with Crippen LogP contribution in [0.15, 0.2) is 34.9 Å². The molecule has 2 N–H and O–H groups in total. The molecule has 15 heavy (non-hydrogen) atoms. The summed E-state index contributed by atoms with van der Waals surface area (Å²) in [7, 11) is 0. The second kappa shape index (κ2) is 3.41. The molecule has 2 heterocycles. The minimum atomic E-state index is -0.575. The number of aromatic nitrogens is 1. The van der Waals surface area contributed by atoms with Crippen LogP contribution in [0.1, 0.15) is 0 Å². The number of rotatable bonds is 2. The number of nitrogens with zero attached hydrogens (tertiary/aromatic N) is 2. The first-order chi connectivity index (χ1) is 7.18. The molecule has 0 aliphatic rings. The van der Waals surface area contributed by atoms with Gasteiger partial charge in [-0.25, -0.2) is 4.98 Å². The van der Waals surface area contributed by atoms with Crippen molar-refractivity contribution in [3.8, 4) is 11.5 Å². The average Bonchev–Trinajstić information content (AvgIpc) is 2.69. The molecule has 0 saturated heterocycles. The Kier molecular flexibility index (Phi) is 2.09. The monoisotopic (exact) mass is 205 g/mol. The summed E-state index contributed by atoms with van der Waals surface area (Å²) in [5, 5.41) is 10.5. The predicted octanol–water partition coefficient (Wildman–Crippen LogP) is 1.83. The SMILES string of the molecule is Nc1nc(-c2ccco2)ccc1[N+](=O)[O-]. The van der Waals surface area contributed by atoms with E-state index in [9.17, 15) is 10.1 Å².